The van der Waals surface area contributed by atoms with E-state index in [-0.39, 0.29) is 12.0 Å². The number of fused-ring (bicyclic) bond motifs is 1. The Kier molecular flexibility index (Phi) is 4.68. The van der Waals surface area contributed by atoms with Crippen LogP contribution < -0.4 is 0 Å². The van der Waals surface area contributed by atoms with E-state index in [0.29, 0.717) is 25.3 Å². The molecule has 1 amide bonds. The molecule has 8 nitrogen and oxygen atoms in total. The molecule has 1 unspecified atom stereocenters. The Bertz CT molecular complexity index is 1210. The number of aryl methyl sites for hydroxylation is 1. The molecule has 0 radical (unpaired) electrons. The molecule has 1 saturated heterocycles. The maximum Gasteiger partial charge on any atom is 0.255 e. The predicted molar refractivity (Wildman–Crippen MR) is 110 cm³/mol. The van der Waals surface area contributed by atoms with Gasteiger partial charge in [0.1, 0.15) is 11.8 Å². The molecule has 1 atom stereocenters. The van der Waals surface area contributed by atoms with Gasteiger partial charge in [0.15, 0.2) is 0 Å². The molecule has 4 aromatic rings. The topological polar surface area (TPSA) is 85.5 Å². The van der Waals surface area contributed by atoms with Gasteiger partial charge in [0, 0.05) is 43.1 Å². The Morgan fingerprint density at radius 3 is 2.80 bits per heavy atom. The SMILES string of the molecule is Cc1cncc(C(=O)N2CCOC(c3nnn4cc(-c5ccncc5)ccc34)C2)c1. The molecule has 1 fully saturated rings. The Balaban J connectivity index is 1.40. The van der Waals surface area contributed by atoms with Crippen LogP contribution in [0.15, 0.2) is 61.3 Å². The van der Waals surface area contributed by atoms with Crippen molar-refractivity contribution in [2.45, 2.75) is 13.0 Å². The summed E-state index contributed by atoms with van der Waals surface area (Å²) in [6.07, 6.45) is 8.47. The lowest BCUT2D eigenvalue weighted by Crippen LogP contribution is -2.42. The van der Waals surface area contributed by atoms with Gasteiger partial charge in [-0.25, -0.2) is 4.52 Å². The molecule has 0 saturated carbocycles. The van der Waals surface area contributed by atoms with E-state index < -0.39 is 0 Å². The average Bonchev–Trinajstić information content (AvgIpc) is 3.22. The van der Waals surface area contributed by atoms with Crippen LogP contribution in [0.2, 0.25) is 0 Å². The summed E-state index contributed by atoms with van der Waals surface area (Å²) in [6, 6.07) is 9.77. The van der Waals surface area contributed by atoms with Crippen LogP contribution in [0.5, 0.6) is 0 Å². The van der Waals surface area contributed by atoms with Crippen molar-refractivity contribution < 1.29 is 9.53 Å². The number of morpholine rings is 1. The normalized spacial score (nSPS) is 16.7. The van der Waals surface area contributed by atoms with Crippen LogP contribution in [0.3, 0.4) is 0 Å². The second-order valence-corrected chi connectivity index (χ2v) is 7.32. The van der Waals surface area contributed by atoms with Crippen LogP contribution in [-0.4, -0.2) is 55.3 Å². The molecule has 4 aromatic heterocycles. The Morgan fingerprint density at radius 1 is 1.10 bits per heavy atom. The van der Waals surface area contributed by atoms with Gasteiger partial charge in [-0.1, -0.05) is 11.3 Å². The maximum atomic E-state index is 12.9. The van der Waals surface area contributed by atoms with Crippen molar-refractivity contribution in [2.75, 3.05) is 19.7 Å². The summed E-state index contributed by atoms with van der Waals surface area (Å²) in [7, 11) is 0. The Morgan fingerprint density at radius 2 is 1.97 bits per heavy atom. The van der Waals surface area contributed by atoms with Crippen LogP contribution in [-0.2, 0) is 4.74 Å². The van der Waals surface area contributed by atoms with Gasteiger partial charge in [0.05, 0.1) is 24.2 Å². The van der Waals surface area contributed by atoms with Crippen molar-refractivity contribution in [3.63, 3.8) is 0 Å². The number of nitrogens with zero attached hydrogens (tertiary/aromatic N) is 6. The van der Waals surface area contributed by atoms with Crippen molar-refractivity contribution in [3.8, 4) is 11.1 Å². The number of rotatable bonds is 3. The van der Waals surface area contributed by atoms with E-state index >= 15 is 0 Å². The molecule has 5 heterocycles. The maximum absolute atomic E-state index is 12.9. The molecule has 0 N–H and O–H groups in total. The van der Waals surface area contributed by atoms with E-state index in [4.69, 9.17) is 4.74 Å². The van der Waals surface area contributed by atoms with E-state index in [1.807, 2.05) is 43.5 Å². The van der Waals surface area contributed by atoms with Crippen LogP contribution in [0.4, 0.5) is 0 Å². The zero-order chi connectivity index (χ0) is 20.5. The number of ether oxygens (including phenoxy) is 1. The third kappa shape index (κ3) is 3.42. The number of pyridine rings is 3. The molecule has 150 valence electrons. The zero-order valence-electron chi connectivity index (χ0n) is 16.5. The van der Waals surface area contributed by atoms with Crippen molar-refractivity contribution in [2.24, 2.45) is 0 Å². The van der Waals surface area contributed by atoms with Crippen LogP contribution in [0.1, 0.15) is 27.7 Å². The minimum absolute atomic E-state index is 0.0454. The van der Waals surface area contributed by atoms with Gasteiger partial charge in [0.2, 0.25) is 0 Å². The first kappa shape index (κ1) is 18.4. The Labute approximate surface area is 173 Å². The second kappa shape index (κ2) is 7.64. The van der Waals surface area contributed by atoms with Crippen molar-refractivity contribution in [1.29, 1.82) is 0 Å². The monoisotopic (exact) mass is 400 g/mol. The zero-order valence-corrected chi connectivity index (χ0v) is 16.5. The average molecular weight is 400 g/mol. The highest BCUT2D eigenvalue weighted by molar-refractivity contribution is 5.94. The standard InChI is InChI=1S/C22H20N6O2/c1-15-10-18(12-24-11-15)22(29)27-8-9-30-20(14-27)21-19-3-2-17(13-28(19)26-25-21)16-4-6-23-7-5-16/h2-7,10-13,20H,8-9,14H2,1H3. The lowest BCUT2D eigenvalue weighted by atomic mass is 10.1. The van der Waals surface area contributed by atoms with Crippen molar-refractivity contribution >= 4 is 11.4 Å². The fourth-order valence-corrected chi connectivity index (χ4v) is 3.71. The molecule has 0 aromatic carbocycles. The van der Waals surface area contributed by atoms with Gasteiger partial charge in [0.25, 0.3) is 5.91 Å². The molecular formula is C22H20N6O2. The third-order valence-corrected chi connectivity index (χ3v) is 5.23. The van der Waals surface area contributed by atoms with Crippen molar-refractivity contribution in [1.82, 2.24) is 29.7 Å². The summed E-state index contributed by atoms with van der Waals surface area (Å²) >= 11 is 0. The highest BCUT2D eigenvalue weighted by Crippen LogP contribution is 2.27. The number of aromatic nitrogens is 5. The summed E-state index contributed by atoms with van der Waals surface area (Å²) in [4.78, 5) is 22.9. The first-order valence-corrected chi connectivity index (χ1v) is 9.77. The smallest absolute Gasteiger partial charge is 0.255 e. The first-order valence-electron chi connectivity index (χ1n) is 9.77. The van der Waals surface area contributed by atoms with Crippen LogP contribution in [0.25, 0.3) is 16.6 Å². The minimum atomic E-state index is -0.329. The number of carbonyl (C=O) groups excluding carboxylic acids is 1. The molecule has 1 aliphatic heterocycles. The fourth-order valence-electron chi connectivity index (χ4n) is 3.71. The van der Waals surface area contributed by atoms with Gasteiger partial charge in [-0.2, -0.15) is 0 Å². The largest absolute Gasteiger partial charge is 0.368 e. The summed E-state index contributed by atoms with van der Waals surface area (Å²) < 4.78 is 7.70. The quantitative estimate of drug-likeness (QED) is 0.526. The summed E-state index contributed by atoms with van der Waals surface area (Å²) in [5.74, 6) is -0.0454. The van der Waals surface area contributed by atoms with Crippen LogP contribution in [0, 0.1) is 6.92 Å². The lowest BCUT2D eigenvalue weighted by Gasteiger charge is -2.32. The van der Waals surface area contributed by atoms with Gasteiger partial charge in [-0.05, 0) is 42.3 Å². The molecule has 8 heteroatoms. The molecular weight excluding hydrogens is 380 g/mol. The van der Waals surface area contributed by atoms with E-state index in [0.717, 1.165) is 27.9 Å². The highest BCUT2D eigenvalue weighted by atomic mass is 16.5. The van der Waals surface area contributed by atoms with Crippen LogP contribution >= 0.6 is 0 Å². The van der Waals surface area contributed by atoms with Gasteiger partial charge in [-0.3, -0.25) is 14.8 Å². The van der Waals surface area contributed by atoms with E-state index in [1.165, 1.54) is 0 Å². The number of hydrogen-bond donors (Lipinski definition) is 0. The minimum Gasteiger partial charge on any atom is -0.368 e. The predicted octanol–water partition coefficient (Wildman–Crippen LogP) is 2.71. The molecule has 1 aliphatic rings. The van der Waals surface area contributed by atoms with Gasteiger partial charge in [-0.15, -0.1) is 5.10 Å². The first-order chi connectivity index (χ1) is 14.7. The molecule has 0 aliphatic carbocycles. The number of hydrogen-bond acceptors (Lipinski definition) is 6. The van der Waals surface area contributed by atoms with E-state index in [1.54, 1.807) is 34.2 Å². The summed E-state index contributed by atoms with van der Waals surface area (Å²) in [5.41, 5.74) is 5.22. The molecule has 0 bridgehead atoms. The van der Waals surface area contributed by atoms with Crippen molar-refractivity contribution in [3.05, 3.63) is 78.1 Å². The van der Waals surface area contributed by atoms with E-state index in [9.17, 15) is 4.79 Å². The molecule has 5 rings (SSSR count). The Hall–Kier alpha value is -3.65. The van der Waals surface area contributed by atoms with Gasteiger partial charge < -0.3 is 9.64 Å². The second-order valence-electron chi connectivity index (χ2n) is 7.32. The lowest BCUT2D eigenvalue weighted by molar-refractivity contribution is -0.0241. The fraction of sp³-hybridized carbons (Fsp3) is 0.227. The van der Waals surface area contributed by atoms with Gasteiger partial charge >= 0.3 is 0 Å². The van der Waals surface area contributed by atoms with E-state index in [2.05, 4.69) is 20.3 Å². The molecule has 0 spiro atoms. The summed E-state index contributed by atoms with van der Waals surface area (Å²) in [5, 5.41) is 8.64. The molecule has 30 heavy (non-hydrogen) atoms. The number of carbonyl (C=O) groups is 1. The summed E-state index contributed by atoms with van der Waals surface area (Å²) in [6.45, 7) is 3.33. The number of amides is 1. The highest BCUT2D eigenvalue weighted by Gasteiger charge is 2.29. The third-order valence-electron chi connectivity index (χ3n) is 5.23.